The molecule has 0 aliphatic heterocycles. The van der Waals surface area contributed by atoms with Gasteiger partial charge in [0.2, 0.25) is 11.4 Å². The van der Waals surface area contributed by atoms with Crippen LogP contribution in [-0.2, 0) is 6.54 Å². The van der Waals surface area contributed by atoms with E-state index in [4.69, 9.17) is 4.74 Å². The summed E-state index contributed by atoms with van der Waals surface area (Å²) in [5.74, 6) is 0.874. The minimum absolute atomic E-state index is 0.0844. The van der Waals surface area contributed by atoms with E-state index in [1.54, 1.807) is 13.1 Å². The molecule has 0 unspecified atom stereocenters. The molecule has 2 aromatic heterocycles. The second-order valence-electron chi connectivity index (χ2n) is 6.64. The van der Waals surface area contributed by atoms with Gasteiger partial charge in [0.25, 0.3) is 5.91 Å². The number of nitrogens with zero attached hydrogens (tertiary/aromatic N) is 1. The molecule has 0 aromatic carbocycles. The number of aromatic amines is 1. The zero-order valence-electron chi connectivity index (χ0n) is 15.1. The van der Waals surface area contributed by atoms with Gasteiger partial charge in [0.15, 0.2) is 0 Å². The molecular weight excluding hydrogens is 318 g/mol. The van der Waals surface area contributed by atoms with Crippen molar-refractivity contribution < 1.29 is 9.53 Å². The molecule has 0 saturated heterocycles. The Kier molecular flexibility index (Phi) is 6.33. The lowest BCUT2D eigenvalue weighted by molar-refractivity contribution is 0.0949. The fraction of sp³-hybridized carbons (Fsp3) is 0.421. The molecule has 0 saturated carbocycles. The Morgan fingerprint density at radius 3 is 2.76 bits per heavy atom. The van der Waals surface area contributed by atoms with E-state index in [9.17, 15) is 9.59 Å². The highest BCUT2D eigenvalue weighted by Crippen LogP contribution is 2.15. The van der Waals surface area contributed by atoms with Crippen LogP contribution in [0.4, 0.5) is 0 Å². The maximum Gasteiger partial charge on any atom is 0.253 e. The van der Waals surface area contributed by atoms with E-state index in [1.165, 1.54) is 12.3 Å². The van der Waals surface area contributed by atoms with Crippen LogP contribution in [0.2, 0.25) is 0 Å². The Morgan fingerprint density at radius 2 is 2.08 bits per heavy atom. The topological polar surface area (TPSA) is 84.1 Å². The lowest BCUT2D eigenvalue weighted by Gasteiger charge is -2.16. The van der Waals surface area contributed by atoms with E-state index in [0.717, 1.165) is 12.0 Å². The standard InChI is InChI=1S/C19H25N3O3/c1-12(2)7-14(4)25-18-9-15(5-6-20-18)10-22-19(24)16-11-21-17(23)8-13(16)3/h5-6,8-9,11-12,14H,7,10H2,1-4H3,(H,21,23)(H,22,24)/t14-/m1/s1. The van der Waals surface area contributed by atoms with Crippen LogP contribution >= 0.6 is 0 Å². The summed E-state index contributed by atoms with van der Waals surface area (Å²) in [6, 6.07) is 5.07. The van der Waals surface area contributed by atoms with Crippen molar-refractivity contribution in [3.05, 3.63) is 57.6 Å². The van der Waals surface area contributed by atoms with Gasteiger partial charge in [-0.1, -0.05) is 13.8 Å². The molecule has 1 amide bonds. The van der Waals surface area contributed by atoms with E-state index in [2.05, 4.69) is 29.1 Å². The van der Waals surface area contributed by atoms with Crippen LogP contribution in [0, 0.1) is 12.8 Å². The molecule has 0 radical (unpaired) electrons. The number of ether oxygens (including phenoxy) is 1. The predicted molar refractivity (Wildman–Crippen MR) is 96.8 cm³/mol. The first-order valence-corrected chi connectivity index (χ1v) is 8.44. The highest BCUT2D eigenvalue weighted by Gasteiger charge is 2.11. The summed E-state index contributed by atoms with van der Waals surface area (Å²) in [6.45, 7) is 8.42. The number of aryl methyl sites for hydroxylation is 1. The van der Waals surface area contributed by atoms with Crippen LogP contribution in [0.5, 0.6) is 5.88 Å². The molecular formula is C19H25N3O3. The molecule has 134 valence electrons. The molecule has 0 fully saturated rings. The highest BCUT2D eigenvalue weighted by molar-refractivity contribution is 5.95. The van der Waals surface area contributed by atoms with Gasteiger partial charge in [0.05, 0.1) is 11.7 Å². The van der Waals surface area contributed by atoms with Gasteiger partial charge in [-0.05, 0) is 43.4 Å². The Hall–Kier alpha value is -2.63. The lowest BCUT2D eigenvalue weighted by Crippen LogP contribution is -2.25. The third-order valence-electron chi connectivity index (χ3n) is 3.75. The van der Waals surface area contributed by atoms with Crippen molar-refractivity contribution >= 4 is 5.91 Å². The first-order valence-electron chi connectivity index (χ1n) is 8.44. The Bertz CT molecular complexity index is 783. The van der Waals surface area contributed by atoms with Gasteiger partial charge in [-0.2, -0.15) is 0 Å². The first kappa shape index (κ1) is 18.7. The largest absolute Gasteiger partial charge is 0.475 e. The molecule has 0 spiro atoms. The quantitative estimate of drug-likeness (QED) is 0.810. The second kappa shape index (κ2) is 8.46. The van der Waals surface area contributed by atoms with Crippen LogP contribution in [0.25, 0.3) is 0 Å². The minimum atomic E-state index is -0.235. The zero-order chi connectivity index (χ0) is 18.4. The first-order chi connectivity index (χ1) is 11.8. The van der Waals surface area contributed by atoms with E-state index < -0.39 is 0 Å². The van der Waals surface area contributed by atoms with Crippen LogP contribution in [0.1, 0.15) is 48.7 Å². The Balaban J connectivity index is 1.97. The predicted octanol–water partition coefficient (Wildman–Crippen LogP) is 2.82. The normalized spacial score (nSPS) is 12.0. The summed E-state index contributed by atoms with van der Waals surface area (Å²) >= 11 is 0. The van der Waals surface area contributed by atoms with Crippen molar-refractivity contribution in [2.75, 3.05) is 0 Å². The summed E-state index contributed by atoms with van der Waals surface area (Å²) in [7, 11) is 0. The molecule has 25 heavy (non-hydrogen) atoms. The summed E-state index contributed by atoms with van der Waals surface area (Å²) in [6.07, 6.45) is 4.14. The molecule has 0 aliphatic rings. The molecule has 6 heteroatoms. The average molecular weight is 343 g/mol. The number of H-pyrrole nitrogens is 1. The number of pyridine rings is 2. The fourth-order valence-electron chi connectivity index (χ4n) is 2.64. The highest BCUT2D eigenvalue weighted by atomic mass is 16.5. The molecule has 0 aliphatic carbocycles. The molecule has 0 bridgehead atoms. The maximum atomic E-state index is 12.3. The van der Waals surface area contributed by atoms with E-state index in [-0.39, 0.29) is 17.6 Å². The van der Waals surface area contributed by atoms with Gasteiger partial charge in [-0.15, -0.1) is 0 Å². The van der Waals surface area contributed by atoms with Gasteiger partial charge in [-0.25, -0.2) is 4.98 Å². The monoisotopic (exact) mass is 343 g/mol. The minimum Gasteiger partial charge on any atom is -0.475 e. The van der Waals surface area contributed by atoms with Gasteiger partial charge >= 0.3 is 0 Å². The van der Waals surface area contributed by atoms with Crippen LogP contribution in [0.3, 0.4) is 0 Å². The van der Waals surface area contributed by atoms with Crippen molar-refractivity contribution in [2.45, 2.75) is 46.8 Å². The Labute approximate surface area is 147 Å². The summed E-state index contributed by atoms with van der Waals surface area (Å²) in [4.78, 5) is 30.2. The van der Waals surface area contributed by atoms with Crippen molar-refractivity contribution in [3.63, 3.8) is 0 Å². The van der Waals surface area contributed by atoms with Gasteiger partial charge in [-0.3, -0.25) is 9.59 Å². The van der Waals surface area contributed by atoms with Crippen molar-refractivity contribution in [1.29, 1.82) is 0 Å². The maximum absolute atomic E-state index is 12.3. The van der Waals surface area contributed by atoms with Gasteiger partial charge in [0.1, 0.15) is 0 Å². The van der Waals surface area contributed by atoms with Crippen molar-refractivity contribution in [1.82, 2.24) is 15.3 Å². The van der Waals surface area contributed by atoms with E-state index in [1.807, 2.05) is 19.1 Å². The van der Waals surface area contributed by atoms with Gasteiger partial charge < -0.3 is 15.0 Å². The summed E-state index contributed by atoms with van der Waals surface area (Å²) in [5, 5.41) is 2.84. The number of hydrogen-bond donors (Lipinski definition) is 2. The number of amides is 1. The number of rotatable bonds is 7. The third-order valence-corrected chi connectivity index (χ3v) is 3.75. The van der Waals surface area contributed by atoms with E-state index in [0.29, 0.717) is 29.5 Å². The van der Waals surface area contributed by atoms with E-state index >= 15 is 0 Å². The zero-order valence-corrected chi connectivity index (χ0v) is 15.1. The molecule has 2 heterocycles. The lowest BCUT2D eigenvalue weighted by atomic mass is 10.1. The smallest absolute Gasteiger partial charge is 0.253 e. The van der Waals surface area contributed by atoms with Crippen molar-refractivity contribution in [2.24, 2.45) is 5.92 Å². The Morgan fingerprint density at radius 1 is 1.32 bits per heavy atom. The third kappa shape index (κ3) is 5.74. The number of carbonyl (C=O) groups excluding carboxylic acids is 1. The summed E-state index contributed by atoms with van der Waals surface area (Å²) in [5.41, 5.74) is 1.77. The number of hydrogen-bond acceptors (Lipinski definition) is 4. The molecule has 2 aromatic rings. The molecule has 2 rings (SSSR count). The number of nitrogens with one attached hydrogen (secondary N) is 2. The second-order valence-corrected chi connectivity index (χ2v) is 6.64. The van der Waals surface area contributed by atoms with Crippen LogP contribution < -0.4 is 15.6 Å². The molecule has 6 nitrogen and oxygen atoms in total. The van der Waals surface area contributed by atoms with Gasteiger partial charge in [0, 0.05) is 31.1 Å². The summed E-state index contributed by atoms with van der Waals surface area (Å²) < 4.78 is 5.83. The molecule has 2 N–H and O–H groups in total. The molecule has 1 atom stereocenters. The van der Waals surface area contributed by atoms with Crippen LogP contribution in [-0.4, -0.2) is 22.0 Å². The average Bonchev–Trinajstić information content (AvgIpc) is 2.52. The number of aromatic nitrogens is 2. The number of carbonyl (C=O) groups is 1. The fourth-order valence-corrected chi connectivity index (χ4v) is 2.64. The van der Waals surface area contributed by atoms with Crippen molar-refractivity contribution in [3.8, 4) is 5.88 Å². The van der Waals surface area contributed by atoms with Crippen LogP contribution in [0.15, 0.2) is 35.4 Å². The SMILES string of the molecule is Cc1cc(=O)[nH]cc1C(=O)NCc1ccnc(O[C@H](C)CC(C)C)c1.